The van der Waals surface area contributed by atoms with Crippen LogP contribution in [-0.2, 0) is 21.4 Å². The van der Waals surface area contributed by atoms with Gasteiger partial charge in [0.05, 0.1) is 17.2 Å². The molecule has 22 heavy (non-hydrogen) atoms. The van der Waals surface area contributed by atoms with Crippen molar-refractivity contribution >= 4 is 21.4 Å². The number of methoxy groups -OCH3 is 1. The minimum Gasteiger partial charge on any atom is -0.399 e. The van der Waals surface area contributed by atoms with Gasteiger partial charge in [0, 0.05) is 24.9 Å². The van der Waals surface area contributed by atoms with E-state index in [1.165, 1.54) is 10.4 Å². The third-order valence-corrected chi connectivity index (χ3v) is 5.18. The van der Waals surface area contributed by atoms with Gasteiger partial charge in [0.15, 0.2) is 0 Å². The fourth-order valence-corrected chi connectivity index (χ4v) is 3.87. The Hall–Kier alpha value is -2.05. The number of hydrogen-bond donors (Lipinski definition) is 1. The van der Waals surface area contributed by atoms with Crippen LogP contribution in [0.5, 0.6) is 0 Å². The van der Waals surface area contributed by atoms with Crippen molar-refractivity contribution in [2.45, 2.75) is 18.4 Å². The highest BCUT2D eigenvalue weighted by atomic mass is 32.2. The highest BCUT2D eigenvalue weighted by Crippen LogP contribution is 2.28. The van der Waals surface area contributed by atoms with Crippen LogP contribution < -0.4 is 10.0 Å². The largest absolute Gasteiger partial charge is 0.399 e. The van der Waals surface area contributed by atoms with Crippen molar-refractivity contribution in [3.8, 4) is 0 Å². The van der Waals surface area contributed by atoms with Gasteiger partial charge in [-0.2, -0.15) is 0 Å². The molecule has 0 aliphatic carbocycles. The minimum atomic E-state index is -3.67. The molecule has 2 aromatic carbocycles. The Balaban J connectivity index is 2.52. The number of sulfonamides is 1. The van der Waals surface area contributed by atoms with Crippen LogP contribution in [0.2, 0.25) is 0 Å². The lowest BCUT2D eigenvalue weighted by Gasteiger charge is -2.25. The van der Waals surface area contributed by atoms with Gasteiger partial charge >= 0.3 is 0 Å². The van der Waals surface area contributed by atoms with Crippen LogP contribution in [-0.4, -0.2) is 22.1 Å². The zero-order valence-electron chi connectivity index (χ0n) is 12.7. The maximum Gasteiger partial charge on any atom is 0.264 e. The maximum absolute atomic E-state index is 12.9. The van der Waals surface area contributed by atoms with Crippen molar-refractivity contribution in [2.75, 3.05) is 23.7 Å². The topological polar surface area (TPSA) is 72.6 Å². The second-order valence-electron chi connectivity index (χ2n) is 4.80. The van der Waals surface area contributed by atoms with Gasteiger partial charge in [0.1, 0.15) is 0 Å². The third kappa shape index (κ3) is 3.23. The normalized spacial score (nSPS) is 11.4. The number of nitrogens with zero attached hydrogens (tertiary/aromatic N) is 1. The summed E-state index contributed by atoms with van der Waals surface area (Å²) in [4.78, 5) is 0.182. The van der Waals surface area contributed by atoms with E-state index in [0.717, 1.165) is 5.56 Å². The zero-order valence-corrected chi connectivity index (χ0v) is 13.5. The average Bonchev–Trinajstić information content (AvgIpc) is 2.50. The Morgan fingerprint density at radius 3 is 2.50 bits per heavy atom. The monoisotopic (exact) mass is 320 g/mol. The Kier molecular flexibility index (Phi) is 5.05. The highest BCUT2D eigenvalue weighted by molar-refractivity contribution is 7.92. The molecular weight excluding hydrogens is 300 g/mol. The van der Waals surface area contributed by atoms with Crippen molar-refractivity contribution in [3.05, 3.63) is 54.1 Å². The summed E-state index contributed by atoms with van der Waals surface area (Å²) in [6.07, 6.45) is 0. The molecule has 0 aliphatic heterocycles. The molecule has 2 rings (SSSR count). The van der Waals surface area contributed by atoms with Crippen LogP contribution in [0.4, 0.5) is 11.4 Å². The first kappa shape index (κ1) is 16.3. The molecule has 5 nitrogen and oxygen atoms in total. The summed E-state index contributed by atoms with van der Waals surface area (Å²) in [5.74, 6) is 0. The minimum absolute atomic E-state index is 0.182. The summed E-state index contributed by atoms with van der Waals surface area (Å²) in [5, 5.41) is 0. The lowest BCUT2D eigenvalue weighted by Crippen LogP contribution is -2.31. The second-order valence-corrected chi connectivity index (χ2v) is 6.67. The molecule has 0 aromatic heterocycles. The third-order valence-electron chi connectivity index (χ3n) is 3.29. The van der Waals surface area contributed by atoms with E-state index in [2.05, 4.69) is 0 Å². The summed E-state index contributed by atoms with van der Waals surface area (Å²) in [6.45, 7) is 2.46. The van der Waals surface area contributed by atoms with E-state index in [4.69, 9.17) is 10.5 Å². The molecule has 2 aromatic rings. The van der Waals surface area contributed by atoms with Crippen LogP contribution in [0, 0.1) is 0 Å². The fraction of sp³-hybridized carbons (Fsp3) is 0.250. The summed E-state index contributed by atoms with van der Waals surface area (Å²) in [5.41, 5.74) is 7.57. The highest BCUT2D eigenvalue weighted by Gasteiger charge is 2.25. The first-order valence-corrected chi connectivity index (χ1v) is 8.39. The van der Waals surface area contributed by atoms with Crippen molar-refractivity contribution in [1.82, 2.24) is 0 Å². The molecule has 0 radical (unpaired) electrons. The van der Waals surface area contributed by atoms with Crippen molar-refractivity contribution < 1.29 is 13.2 Å². The van der Waals surface area contributed by atoms with Gasteiger partial charge in [-0.15, -0.1) is 0 Å². The molecule has 0 amide bonds. The van der Waals surface area contributed by atoms with Crippen LogP contribution in [0.15, 0.2) is 53.4 Å². The van der Waals surface area contributed by atoms with E-state index in [1.807, 2.05) is 18.2 Å². The summed E-state index contributed by atoms with van der Waals surface area (Å²) < 4.78 is 32.3. The number of nitrogens with two attached hydrogens (primary N) is 1. The van der Waals surface area contributed by atoms with Crippen molar-refractivity contribution in [3.63, 3.8) is 0 Å². The zero-order chi connectivity index (χ0) is 16.2. The molecule has 0 fully saturated rings. The van der Waals surface area contributed by atoms with Crippen LogP contribution in [0.25, 0.3) is 0 Å². The standard InChI is InChI=1S/C16H20N2O3S/c1-3-18(16-10-5-4-7-13(16)12-21-2)22(19,20)15-9-6-8-14(17)11-15/h4-11H,3,12,17H2,1-2H3. The number of para-hydroxylation sites is 1. The molecule has 0 bridgehead atoms. The van der Waals surface area contributed by atoms with Crippen molar-refractivity contribution in [2.24, 2.45) is 0 Å². The van der Waals surface area contributed by atoms with Gasteiger partial charge in [-0.25, -0.2) is 8.42 Å². The summed E-state index contributed by atoms with van der Waals surface area (Å²) >= 11 is 0. The van der Waals surface area contributed by atoms with E-state index in [1.54, 1.807) is 38.3 Å². The van der Waals surface area contributed by atoms with Gasteiger partial charge in [0.25, 0.3) is 10.0 Å². The van der Waals surface area contributed by atoms with E-state index in [0.29, 0.717) is 24.5 Å². The number of rotatable bonds is 6. The fourth-order valence-electron chi connectivity index (χ4n) is 2.30. The number of benzene rings is 2. The van der Waals surface area contributed by atoms with Crippen molar-refractivity contribution in [1.29, 1.82) is 0 Å². The Morgan fingerprint density at radius 2 is 1.86 bits per heavy atom. The maximum atomic E-state index is 12.9. The second kappa shape index (κ2) is 6.81. The predicted molar refractivity (Wildman–Crippen MR) is 88.2 cm³/mol. The van der Waals surface area contributed by atoms with E-state index in [9.17, 15) is 8.42 Å². The van der Waals surface area contributed by atoms with Crippen LogP contribution >= 0.6 is 0 Å². The van der Waals surface area contributed by atoms with Gasteiger partial charge in [-0.3, -0.25) is 4.31 Å². The number of nitrogen functional groups attached to an aromatic ring is 1. The predicted octanol–water partition coefficient (Wildman–Crippen LogP) is 2.63. The molecule has 0 aliphatic rings. The molecule has 0 unspecified atom stereocenters. The molecule has 0 atom stereocenters. The smallest absolute Gasteiger partial charge is 0.264 e. The quantitative estimate of drug-likeness (QED) is 0.831. The Morgan fingerprint density at radius 1 is 1.14 bits per heavy atom. The summed E-state index contributed by atoms with van der Waals surface area (Å²) in [7, 11) is -2.09. The summed E-state index contributed by atoms with van der Waals surface area (Å²) in [6, 6.07) is 13.6. The molecule has 118 valence electrons. The lowest BCUT2D eigenvalue weighted by molar-refractivity contribution is 0.185. The van der Waals surface area contributed by atoms with Gasteiger partial charge in [-0.1, -0.05) is 24.3 Å². The molecule has 0 saturated heterocycles. The van der Waals surface area contributed by atoms with E-state index in [-0.39, 0.29) is 4.90 Å². The van der Waals surface area contributed by atoms with Gasteiger partial charge in [0.2, 0.25) is 0 Å². The molecule has 0 spiro atoms. The molecular formula is C16H20N2O3S. The number of hydrogen-bond acceptors (Lipinski definition) is 4. The van der Waals surface area contributed by atoms with Gasteiger partial charge < -0.3 is 10.5 Å². The SMILES string of the molecule is CCN(c1ccccc1COC)S(=O)(=O)c1cccc(N)c1. The first-order chi connectivity index (χ1) is 10.5. The van der Waals surface area contributed by atoms with Crippen LogP contribution in [0.1, 0.15) is 12.5 Å². The lowest BCUT2D eigenvalue weighted by atomic mass is 10.2. The molecule has 6 heteroatoms. The van der Waals surface area contributed by atoms with E-state index >= 15 is 0 Å². The molecule has 2 N–H and O–H groups in total. The first-order valence-electron chi connectivity index (χ1n) is 6.95. The van der Waals surface area contributed by atoms with E-state index < -0.39 is 10.0 Å². The van der Waals surface area contributed by atoms with Gasteiger partial charge in [-0.05, 0) is 31.2 Å². The molecule has 0 heterocycles. The number of ether oxygens (including phenoxy) is 1. The molecule has 0 saturated carbocycles. The Labute approximate surface area is 131 Å². The van der Waals surface area contributed by atoms with Crippen LogP contribution in [0.3, 0.4) is 0 Å². The number of anilines is 2. The average molecular weight is 320 g/mol. The Bertz CT molecular complexity index is 745.